The van der Waals surface area contributed by atoms with Crippen molar-refractivity contribution in [2.75, 3.05) is 17.7 Å². The Labute approximate surface area is 171 Å². The van der Waals surface area contributed by atoms with Crippen LogP contribution in [-0.2, 0) is 22.4 Å². The summed E-state index contributed by atoms with van der Waals surface area (Å²) in [5.41, 5.74) is 1.57. The smallest absolute Gasteiger partial charge is 0.341 e. The maximum atomic E-state index is 12.5. The van der Waals surface area contributed by atoms with Crippen molar-refractivity contribution in [2.45, 2.75) is 63.1 Å². The van der Waals surface area contributed by atoms with Crippen molar-refractivity contribution < 1.29 is 14.3 Å². The summed E-state index contributed by atoms with van der Waals surface area (Å²) in [6, 6.07) is 0.330. The fourth-order valence-corrected chi connectivity index (χ4v) is 5.90. The van der Waals surface area contributed by atoms with Crippen molar-refractivity contribution in [3.05, 3.63) is 16.0 Å². The first-order valence-electron chi connectivity index (χ1n) is 9.69. The molecule has 1 fully saturated rings. The van der Waals surface area contributed by atoms with Crippen LogP contribution in [0.1, 0.15) is 65.9 Å². The molecule has 0 bridgehead atoms. The van der Waals surface area contributed by atoms with E-state index in [1.54, 1.807) is 6.92 Å². The van der Waals surface area contributed by atoms with Crippen LogP contribution in [0.5, 0.6) is 0 Å². The molecule has 4 rings (SSSR count). The van der Waals surface area contributed by atoms with E-state index < -0.39 is 0 Å². The van der Waals surface area contributed by atoms with E-state index in [9.17, 15) is 9.59 Å². The molecule has 10 heteroatoms. The van der Waals surface area contributed by atoms with Gasteiger partial charge >= 0.3 is 5.97 Å². The standard InChI is InChI=1S/C18H23N5O3S2/c1-2-26-17(25)15-12-8-5-9-13(12)28-16(15)19-14(24)10-27-18-20-21-22-23(18)11-6-3-4-7-11/h11H,2-10H2,1H3,(H,19,24). The van der Waals surface area contributed by atoms with Crippen molar-refractivity contribution in [1.82, 2.24) is 20.2 Å². The van der Waals surface area contributed by atoms with E-state index >= 15 is 0 Å². The molecule has 28 heavy (non-hydrogen) atoms. The number of tetrazole rings is 1. The zero-order chi connectivity index (χ0) is 19.5. The number of aryl methyl sites for hydroxylation is 1. The molecule has 0 aromatic carbocycles. The third kappa shape index (κ3) is 3.93. The van der Waals surface area contributed by atoms with Crippen molar-refractivity contribution in [3.8, 4) is 0 Å². The second kappa shape index (κ2) is 8.60. The van der Waals surface area contributed by atoms with Crippen molar-refractivity contribution in [1.29, 1.82) is 0 Å². The highest BCUT2D eigenvalue weighted by molar-refractivity contribution is 7.99. The second-order valence-electron chi connectivity index (χ2n) is 6.96. The maximum Gasteiger partial charge on any atom is 0.341 e. The van der Waals surface area contributed by atoms with E-state index in [1.165, 1.54) is 40.8 Å². The normalized spacial score (nSPS) is 16.3. The monoisotopic (exact) mass is 421 g/mol. The Kier molecular flexibility index (Phi) is 5.96. The van der Waals surface area contributed by atoms with Crippen LogP contribution in [0.25, 0.3) is 0 Å². The molecule has 2 aliphatic rings. The van der Waals surface area contributed by atoms with Gasteiger partial charge in [-0.2, -0.15) is 0 Å². The van der Waals surface area contributed by atoms with Crippen LogP contribution in [0.4, 0.5) is 5.00 Å². The summed E-state index contributed by atoms with van der Waals surface area (Å²) >= 11 is 2.82. The van der Waals surface area contributed by atoms with Crippen LogP contribution >= 0.6 is 23.1 Å². The number of hydrogen-bond acceptors (Lipinski definition) is 8. The van der Waals surface area contributed by atoms with Crippen molar-refractivity contribution in [2.24, 2.45) is 0 Å². The average molecular weight is 422 g/mol. The topological polar surface area (TPSA) is 99.0 Å². The summed E-state index contributed by atoms with van der Waals surface area (Å²) in [5, 5.41) is 16.1. The number of anilines is 1. The number of thiophene rings is 1. The van der Waals surface area contributed by atoms with Gasteiger partial charge in [-0.1, -0.05) is 24.6 Å². The summed E-state index contributed by atoms with van der Waals surface area (Å²) in [6.45, 7) is 2.10. The van der Waals surface area contributed by atoms with Gasteiger partial charge in [-0.25, -0.2) is 9.48 Å². The zero-order valence-corrected chi connectivity index (χ0v) is 17.4. The Morgan fingerprint density at radius 2 is 2.11 bits per heavy atom. The van der Waals surface area contributed by atoms with E-state index in [0.29, 0.717) is 28.4 Å². The quantitative estimate of drug-likeness (QED) is 0.541. The molecule has 0 atom stereocenters. The van der Waals surface area contributed by atoms with Gasteiger partial charge in [-0.05, 0) is 55.0 Å². The summed E-state index contributed by atoms with van der Waals surface area (Å²) in [7, 11) is 0. The van der Waals surface area contributed by atoms with Gasteiger partial charge in [0.2, 0.25) is 11.1 Å². The lowest BCUT2D eigenvalue weighted by Gasteiger charge is -2.11. The first kappa shape index (κ1) is 19.4. The number of carbonyl (C=O) groups is 2. The van der Waals surface area contributed by atoms with E-state index in [1.807, 2.05) is 4.68 Å². The highest BCUT2D eigenvalue weighted by Crippen LogP contribution is 2.39. The van der Waals surface area contributed by atoms with Gasteiger partial charge in [-0.15, -0.1) is 16.4 Å². The number of nitrogens with one attached hydrogen (secondary N) is 1. The Hall–Kier alpha value is -1.94. The number of aromatic nitrogens is 4. The zero-order valence-electron chi connectivity index (χ0n) is 15.8. The Morgan fingerprint density at radius 3 is 2.89 bits per heavy atom. The lowest BCUT2D eigenvalue weighted by Crippen LogP contribution is -2.17. The molecule has 2 heterocycles. The minimum atomic E-state index is -0.352. The molecule has 1 saturated carbocycles. The molecule has 0 aliphatic heterocycles. The number of thioether (sulfide) groups is 1. The van der Waals surface area contributed by atoms with Gasteiger partial charge in [0.15, 0.2) is 0 Å². The van der Waals surface area contributed by atoms with E-state index in [0.717, 1.165) is 37.7 Å². The SMILES string of the molecule is CCOC(=O)c1c(NC(=O)CSc2nnnn2C2CCCC2)sc2c1CCC2. The van der Waals surface area contributed by atoms with Gasteiger partial charge in [0.05, 0.1) is 24.0 Å². The summed E-state index contributed by atoms with van der Waals surface area (Å²) < 4.78 is 7.05. The molecule has 2 aromatic rings. The molecule has 2 aromatic heterocycles. The number of carbonyl (C=O) groups excluding carboxylic acids is 2. The van der Waals surface area contributed by atoms with Gasteiger partial charge < -0.3 is 10.1 Å². The van der Waals surface area contributed by atoms with Gasteiger partial charge in [0, 0.05) is 4.88 Å². The van der Waals surface area contributed by atoms with Crippen LogP contribution < -0.4 is 5.32 Å². The average Bonchev–Trinajstić information content (AvgIpc) is 3.43. The number of amides is 1. The second-order valence-corrected chi connectivity index (χ2v) is 9.01. The van der Waals surface area contributed by atoms with Crippen molar-refractivity contribution >= 4 is 40.0 Å². The lowest BCUT2D eigenvalue weighted by atomic mass is 10.1. The van der Waals surface area contributed by atoms with E-state index in [2.05, 4.69) is 20.8 Å². The molecule has 0 radical (unpaired) electrons. The van der Waals surface area contributed by atoms with Crippen LogP contribution in [-0.4, -0.2) is 44.4 Å². The largest absolute Gasteiger partial charge is 0.462 e. The predicted molar refractivity (Wildman–Crippen MR) is 107 cm³/mol. The lowest BCUT2D eigenvalue weighted by molar-refractivity contribution is -0.113. The van der Waals surface area contributed by atoms with Gasteiger partial charge in [0.1, 0.15) is 5.00 Å². The summed E-state index contributed by atoms with van der Waals surface area (Å²) in [4.78, 5) is 26.1. The Bertz CT molecular complexity index is 873. The third-order valence-corrected chi connectivity index (χ3v) is 7.26. The number of fused-ring (bicyclic) bond motifs is 1. The fraction of sp³-hybridized carbons (Fsp3) is 0.611. The first-order valence-corrected chi connectivity index (χ1v) is 11.5. The number of hydrogen-bond donors (Lipinski definition) is 1. The van der Waals surface area contributed by atoms with Crippen LogP contribution in [0.3, 0.4) is 0 Å². The molecule has 1 N–H and O–H groups in total. The molecular weight excluding hydrogens is 398 g/mol. The molecule has 8 nitrogen and oxygen atoms in total. The number of nitrogens with zero attached hydrogens (tertiary/aromatic N) is 4. The third-order valence-electron chi connectivity index (χ3n) is 5.12. The number of ether oxygens (including phenoxy) is 1. The van der Waals surface area contributed by atoms with Gasteiger partial charge in [0.25, 0.3) is 0 Å². The number of esters is 1. The molecule has 0 spiro atoms. The molecule has 2 aliphatic carbocycles. The highest BCUT2D eigenvalue weighted by atomic mass is 32.2. The van der Waals surface area contributed by atoms with Gasteiger partial charge in [-0.3, -0.25) is 4.79 Å². The van der Waals surface area contributed by atoms with E-state index in [4.69, 9.17) is 4.74 Å². The number of rotatable bonds is 7. The Morgan fingerprint density at radius 1 is 1.29 bits per heavy atom. The fourth-order valence-electron chi connectivity index (χ4n) is 3.86. The summed E-state index contributed by atoms with van der Waals surface area (Å²) in [6.07, 6.45) is 7.39. The highest BCUT2D eigenvalue weighted by Gasteiger charge is 2.28. The minimum absolute atomic E-state index is 0.170. The van der Waals surface area contributed by atoms with Crippen LogP contribution in [0, 0.1) is 0 Å². The van der Waals surface area contributed by atoms with Crippen LogP contribution in [0.15, 0.2) is 5.16 Å². The molecule has 0 unspecified atom stereocenters. The molecule has 0 saturated heterocycles. The summed E-state index contributed by atoms with van der Waals surface area (Å²) in [5.74, 6) is -0.329. The molecule has 150 valence electrons. The Balaban J connectivity index is 1.42. The maximum absolute atomic E-state index is 12.5. The first-order chi connectivity index (χ1) is 13.7. The molecular formula is C18H23N5O3S2. The minimum Gasteiger partial charge on any atom is -0.462 e. The van der Waals surface area contributed by atoms with Crippen LogP contribution in [0.2, 0.25) is 0 Å². The predicted octanol–water partition coefficient (Wildman–Crippen LogP) is 3.25. The van der Waals surface area contributed by atoms with Crippen molar-refractivity contribution in [3.63, 3.8) is 0 Å². The molecule has 1 amide bonds. The van der Waals surface area contributed by atoms with E-state index in [-0.39, 0.29) is 17.6 Å².